The van der Waals surface area contributed by atoms with Gasteiger partial charge in [-0.3, -0.25) is 14.1 Å². The molecule has 13 heteroatoms. The van der Waals surface area contributed by atoms with E-state index >= 15 is 0 Å². The van der Waals surface area contributed by atoms with Crippen LogP contribution in [0.4, 0.5) is 0 Å². The summed E-state index contributed by atoms with van der Waals surface area (Å²) >= 11 is 0. The smallest absolute Gasteiger partial charge is 0.306 e. The molecule has 1 rings (SSSR count). The van der Waals surface area contributed by atoms with Crippen LogP contribution < -0.4 is 0 Å². The molecule has 0 amide bonds. The Kier molecular flexibility index (Phi) is 37.3. The molecule has 0 aromatic heterocycles. The van der Waals surface area contributed by atoms with Gasteiger partial charge in [0.1, 0.15) is 36.8 Å². The highest BCUT2D eigenvalue weighted by molar-refractivity contribution is 7.85. The van der Waals surface area contributed by atoms with E-state index in [9.17, 15) is 37.9 Å². The van der Waals surface area contributed by atoms with Gasteiger partial charge in [0, 0.05) is 12.8 Å². The zero-order valence-electron chi connectivity index (χ0n) is 39.4. The van der Waals surface area contributed by atoms with Crippen molar-refractivity contribution in [2.75, 3.05) is 19.0 Å². The Balaban J connectivity index is 2.47. The number of hydrogen-bond acceptors (Lipinski definition) is 11. The first-order chi connectivity index (χ1) is 31.0. The van der Waals surface area contributed by atoms with Crippen LogP contribution in [0.25, 0.3) is 0 Å². The molecule has 64 heavy (non-hydrogen) atoms. The van der Waals surface area contributed by atoms with Crippen molar-refractivity contribution in [1.82, 2.24) is 0 Å². The Labute approximate surface area is 387 Å². The SMILES string of the molecule is CCCCC/C=C/C/C=C/C/C=C/C/C=C/C/C=C/CCC(=O)O[C@H](COC(=O)CCCCCCCCCCC/C=C/CCCCCC)CO[C@H]1O[C@H](CS(=O)(=O)O)[C@@H](O)C(O)C1O. The number of hydrogen-bond donors (Lipinski definition) is 4. The molecule has 6 atom stereocenters. The second kappa shape index (κ2) is 40.4. The molecule has 0 spiro atoms. The third-order valence-electron chi connectivity index (χ3n) is 10.8. The Hall–Kier alpha value is -2.91. The summed E-state index contributed by atoms with van der Waals surface area (Å²) in [4.78, 5) is 25.4. The number of esters is 2. The summed E-state index contributed by atoms with van der Waals surface area (Å²) in [6.45, 7) is 3.66. The summed E-state index contributed by atoms with van der Waals surface area (Å²) in [5, 5.41) is 30.9. The van der Waals surface area contributed by atoms with E-state index in [0.717, 1.165) is 44.9 Å². The zero-order chi connectivity index (χ0) is 46.9. The van der Waals surface area contributed by atoms with Gasteiger partial charge in [-0.25, -0.2) is 0 Å². The van der Waals surface area contributed by atoms with Crippen LogP contribution in [0.1, 0.15) is 181 Å². The van der Waals surface area contributed by atoms with Crippen molar-refractivity contribution in [3.8, 4) is 0 Å². The van der Waals surface area contributed by atoms with Crippen LogP contribution in [0, 0.1) is 0 Å². The number of aliphatic hydroxyl groups excluding tert-OH is 3. The predicted octanol–water partition coefficient (Wildman–Crippen LogP) is 10.7. The highest BCUT2D eigenvalue weighted by Gasteiger charge is 2.46. The van der Waals surface area contributed by atoms with Crippen molar-refractivity contribution in [2.45, 2.75) is 218 Å². The summed E-state index contributed by atoms with van der Waals surface area (Å²) in [5.41, 5.74) is 0. The van der Waals surface area contributed by atoms with Crippen LogP contribution in [0.3, 0.4) is 0 Å². The third-order valence-corrected chi connectivity index (χ3v) is 11.5. The van der Waals surface area contributed by atoms with Crippen LogP contribution in [0.5, 0.6) is 0 Å². The van der Waals surface area contributed by atoms with E-state index in [1.54, 1.807) is 0 Å². The molecular formula is C51H86O12S. The summed E-state index contributed by atoms with van der Waals surface area (Å²) in [6, 6.07) is 0. The van der Waals surface area contributed by atoms with E-state index in [1.807, 2.05) is 12.2 Å². The maximum atomic E-state index is 12.8. The average molecular weight is 923 g/mol. The summed E-state index contributed by atoms with van der Waals surface area (Å²) in [7, 11) is -4.62. The first-order valence-electron chi connectivity index (χ1n) is 24.5. The molecule has 1 fully saturated rings. The summed E-state index contributed by atoms with van der Waals surface area (Å²) in [6.07, 6.45) is 42.4. The van der Waals surface area contributed by atoms with Gasteiger partial charge in [0.25, 0.3) is 10.1 Å². The van der Waals surface area contributed by atoms with Gasteiger partial charge in [0.2, 0.25) is 0 Å². The van der Waals surface area contributed by atoms with E-state index in [2.05, 4.69) is 74.6 Å². The van der Waals surface area contributed by atoms with Crippen LogP contribution in [0.15, 0.2) is 72.9 Å². The van der Waals surface area contributed by atoms with Crippen LogP contribution in [-0.4, -0.2) is 96.0 Å². The predicted molar refractivity (Wildman–Crippen MR) is 256 cm³/mol. The molecule has 4 N–H and O–H groups in total. The molecule has 1 aliphatic heterocycles. The number of aliphatic hydroxyl groups is 3. The van der Waals surface area contributed by atoms with Gasteiger partial charge in [0.15, 0.2) is 12.4 Å². The fourth-order valence-electron chi connectivity index (χ4n) is 6.95. The average Bonchev–Trinajstić information content (AvgIpc) is 3.26. The fourth-order valence-corrected chi connectivity index (χ4v) is 7.64. The molecule has 368 valence electrons. The Morgan fingerprint density at radius 1 is 0.531 bits per heavy atom. The monoisotopic (exact) mass is 923 g/mol. The topological polar surface area (TPSA) is 186 Å². The number of ether oxygens (including phenoxy) is 4. The highest BCUT2D eigenvalue weighted by Crippen LogP contribution is 2.24. The molecular weight excluding hydrogens is 837 g/mol. The number of allylic oxidation sites excluding steroid dienone is 12. The van der Waals surface area contributed by atoms with Crippen molar-refractivity contribution < 1.29 is 56.8 Å². The van der Waals surface area contributed by atoms with Crippen LogP contribution >= 0.6 is 0 Å². The number of carbonyl (C=O) groups excluding carboxylic acids is 2. The van der Waals surface area contributed by atoms with Gasteiger partial charge in [-0.15, -0.1) is 0 Å². The maximum Gasteiger partial charge on any atom is 0.306 e. The lowest BCUT2D eigenvalue weighted by molar-refractivity contribution is -0.297. The van der Waals surface area contributed by atoms with Crippen molar-refractivity contribution in [3.05, 3.63) is 72.9 Å². The van der Waals surface area contributed by atoms with E-state index < -0.39 is 71.2 Å². The largest absolute Gasteiger partial charge is 0.462 e. The van der Waals surface area contributed by atoms with Crippen molar-refractivity contribution in [2.24, 2.45) is 0 Å². The van der Waals surface area contributed by atoms with Crippen molar-refractivity contribution >= 4 is 22.1 Å². The molecule has 0 bridgehead atoms. The number of rotatable bonds is 40. The second-order valence-corrected chi connectivity index (χ2v) is 18.3. The van der Waals surface area contributed by atoms with Gasteiger partial charge >= 0.3 is 11.9 Å². The quantitative estimate of drug-likeness (QED) is 0.0198. The van der Waals surface area contributed by atoms with Crippen molar-refractivity contribution in [3.63, 3.8) is 0 Å². The minimum absolute atomic E-state index is 0.0378. The molecule has 1 aliphatic rings. The van der Waals surface area contributed by atoms with Gasteiger partial charge < -0.3 is 34.3 Å². The van der Waals surface area contributed by atoms with E-state index in [0.29, 0.717) is 19.3 Å². The Bertz CT molecular complexity index is 1450. The van der Waals surface area contributed by atoms with Gasteiger partial charge in [0.05, 0.1) is 6.61 Å². The zero-order valence-corrected chi connectivity index (χ0v) is 40.2. The second-order valence-electron chi connectivity index (χ2n) is 16.8. The maximum absolute atomic E-state index is 12.8. The number of unbranched alkanes of at least 4 members (excludes halogenated alkanes) is 16. The minimum atomic E-state index is -4.62. The molecule has 0 aromatic rings. The lowest BCUT2D eigenvalue weighted by Gasteiger charge is -2.40. The molecule has 1 saturated heterocycles. The molecule has 2 unspecified atom stereocenters. The Morgan fingerprint density at radius 2 is 0.969 bits per heavy atom. The first kappa shape index (κ1) is 59.1. The summed E-state index contributed by atoms with van der Waals surface area (Å²) < 4.78 is 54.1. The first-order valence-corrected chi connectivity index (χ1v) is 26.1. The molecule has 0 radical (unpaired) electrons. The van der Waals surface area contributed by atoms with E-state index in [4.69, 9.17) is 18.9 Å². The lowest BCUT2D eigenvalue weighted by atomic mass is 10.00. The van der Waals surface area contributed by atoms with E-state index in [1.165, 1.54) is 89.9 Å². The normalized spacial score (nSPS) is 20.2. The molecule has 1 heterocycles. The van der Waals surface area contributed by atoms with Gasteiger partial charge in [-0.1, -0.05) is 164 Å². The fraction of sp³-hybridized carbons (Fsp3) is 0.725. The van der Waals surface area contributed by atoms with E-state index in [-0.39, 0.29) is 19.4 Å². The van der Waals surface area contributed by atoms with Gasteiger partial charge in [-0.2, -0.15) is 8.42 Å². The standard InChI is InChI=1S/C51H86O12S/c1-3-5-7-9-11-13-15-17-19-21-22-24-26-28-30-32-34-36-38-40-47(53)62-44(42-61-51-50(56)49(55)48(54)45(63-51)43-64(57,58)59)41-60-46(52)39-37-35-33-31-29-27-25-23-20-18-16-14-12-10-8-6-4-2/h11,13-14,16-17,19,22,24,28,30,34,36,44-45,48-51,54-56H,3-10,12,15,18,20-21,23,25-27,29,31-33,35,37-43H2,1-2H3,(H,57,58,59)/b13-11+,16-14+,19-17+,24-22+,30-28+,36-34+/t44-,45-,48-,49?,50?,51+/m1/s1. The van der Waals surface area contributed by atoms with Crippen molar-refractivity contribution in [1.29, 1.82) is 0 Å². The highest BCUT2D eigenvalue weighted by atomic mass is 32.2. The van der Waals surface area contributed by atoms with Gasteiger partial charge in [-0.05, 0) is 77.0 Å². The lowest BCUT2D eigenvalue weighted by Crippen LogP contribution is -2.60. The minimum Gasteiger partial charge on any atom is -0.462 e. The molecule has 12 nitrogen and oxygen atoms in total. The summed E-state index contributed by atoms with van der Waals surface area (Å²) in [5.74, 6) is -2.10. The third kappa shape index (κ3) is 34.4. The van der Waals surface area contributed by atoms with Crippen LogP contribution in [0.2, 0.25) is 0 Å². The Morgan fingerprint density at radius 3 is 1.50 bits per heavy atom. The molecule has 0 aliphatic carbocycles. The van der Waals surface area contributed by atoms with Crippen LogP contribution in [-0.2, 0) is 38.7 Å². The number of carbonyl (C=O) groups is 2. The molecule has 0 saturated carbocycles. The molecule has 0 aromatic carbocycles.